The summed E-state index contributed by atoms with van der Waals surface area (Å²) in [5.74, 6) is 0.855. The van der Waals surface area contributed by atoms with Crippen LogP contribution >= 0.6 is 0 Å². The van der Waals surface area contributed by atoms with Gasteiger partial charge < -0.3 is 16.0 Å². The molecule has 3 rings (SSSR count). The summed E-state index contributed by atoms with van der Waals surface area (Å²) >= 11 is 0. The van der Waals surface area contributed by atoms with Crippen molar-refractivity contribution in [2.24, 2.45) is 0 Å². The molecule has 0 amide bonds. The molecule has 0 aliphatic rings. The van der Waals surface area contributed by atoms with Gasteiger partial charge in [-0.2, -0.15) is 0 Å². The number of imidazole rings is 1. The molecule has 0 aliphatic heterocycles. The lowest BCUT2D eigenvalue weighted by molar-refractivity contribution is 0.310. The van der Waals surface area contributed by atoms with Crippen LogP contribution in [0.2, 0.25) is 0 Å². The minimum atomic E-state index is 0.226. The van der Waals surface area contributed by atoms with Gasteiger partial charge in [0.1, 0.15) is 0 Å². The molecule has 0 atom stereocenters. The average molecular weight is 270 g/mol. The smallest absolute Gasteiger partial charge is 0.199 e. The maximum Gasteiger partial charge on any atom is 0.199 e. The molecule has 0 saturated heterocycles. The first-order valence-corrected chi connectivity index (χ1v) is 6.20. The fourth-order valence-corrected chi connectivity index (χ4v) is 2.03. The first kappa shape index (κ1) is 12.2. The molecule has 2 heterocycles. The topological polar surface area (TPSA) is 109 Å². The van der Waals surface area contributed by atoms with E-state index < -0.39 is 0 Å². The second-order valence-electron chi connectivity index (χ2n) is 4.36. The fourth-order valence-electron chi connectivity index (χ4n) is 2.03. The lowest BCUT2D eigenvalue weighted by Crippen LogP contribution is -1.98. The van der Waals surface area contributed by atoms with E-state index in [2.05, 4.69) is 19.9 Å². The summed E-state index contributed by atoms with van der Waals surface area (Å²) in [6, 6.07) is 7.55. The molecule has 20 heavy (non-hydrogen) atoms. The maximum absolute atomic E-state index is 5.80. The van der Waals surface area contributed by atoms with Crippen molar-refractivity contribution in [3.63, 3.8) is 0 Å². The quantitative estimate of drug-likeness (QED) is 0.702. The molecule has 0 bridgehead atoms. The van der Waals surface area contributed by atoms with Crippen LogP contribution in [-0.4, -0.2) is 19.9 Å². The Labute approximate surface area is 115 Å². The van der Waals surface area contributed by atoms with Gasteiger partial charge in [0.15, 0.2) is 17.3 Å². The van der Waals surface area contributed by atoms with Crippen molar-refractivity contribution in [2.45, 2.75) is 13.5 Å². The molecule has 102 valence electrons. The monoisotopic (exact) mass is 270 g/mol. The van der Waals surface area contributed by atoms with E-state index in [1.807, 2.05) is 42.0 Å². The lowest BCUT2D eigenvalue weighted by Gasteiger charge is -1.99. The van der Waals surface area contributed by atoms with Crippen molar-refractivity contribution in [1.82, 2.24) is 19.9 Å². The zero-order valence-electron chi connectivity index (χ0n) is 10.9. The van der Waals surface area contributed by atoms with Gasteiger partial charge in [-0.15, -0.1) is 0 Å². The normalized spacial score (nSPS) is 10.8. The lowest BCUT2D eigenvalue weighted by atomic mass is 10.1. The predicted molar refractivity (Wildman–Crippen MR) is 75.5 cm³/mol. The molecule has 0 aliphatic carbocycles. The summed E-state index contributed by atoms with van der Waals surface area (Å²) in [7, 11) is 0. The molecule has 1 aromatic carbocycles. The van der Waals surface area contributed by atoms with Gasteiger partial charge in [-0.1, -0.05) is 12.1 Å². The molecule has 0 saturated carbocycles. The fraction of sp³-hybridized carbons (Fsp3) is 0.154. The Bertz CT molecular complexity index is 745. The van der Waals surface area contributed by atoms with Crippen molar-refractivity contribution in [2.75, 3.05) is 11.5 Å². The highest BCUT2D eigenvalue weighted by molar-refractivity contribution is 5.69. The predicted octanol–water partition coefficient (Wildman–Crippen LogP) is 1.78. The van der Waals surface area contributed by atoms with Crippen molar-refractivity contribution in [1.29, 1.82) is 0 Å². The third-order valence-electron chi connectivity index (χ3n) is 3.03. The number of hydrogen-bond acceptors (Lipinski definition) is 6. The maximum atomic E-state index is 5.80. The highest BCUT2D eigenvalue weighted by atomic mass is 16.6. The van der Waals surface area contributed by atoms with Gasteiger partial charge in [0.25, 0.3) is 0 Å². The minimum absolute atomic E-state index is 0.226. The van der Waals surface area contributed by atoms with E-state index in [9.17, 15) is 0 Å². The molecule has 0 fully saturated rings. The van der Waals surface area contributed by atoms with E-state index in [-0.39, 0.29) is 5.82 Å². The van der Waals surface area contributed by atoms with E-state index in [0.717, 1.165) is 17.8 Å². The van der Waals surface area contributed by atoms with Crippen LogP contribution in [0, 0.1) is 0 Å². The zero-order chi connectivity index (χ0) is 14.1. The highest BCUT2D eigenvalue weighted by Gasteiger charge is 2.17. The number of aromatic nitrogens is 4. The first-order chi connectivity index (χ1) is 9.69. The molecule has 4 N–H and O–H groups in total. The standard InChI is InChI=1S/C13H14N6O/c1-2-19-7-10(8-4-3-5-9(14)6-8)16-13(19)11-12(15)18-20-17-11/h3-7H,2,14H2,1H3,(H2,15,18). The summed E-state index contributed by atoms with van der Waals surface area (Å²) in [6.07, 6.45) is 1.93. The molecule has 0 spiro atoms. The Kier molecular flexibility index (Phi) is 2.86. The Morgan fingerprint density at radius 1 is 1.25 bits per heavy atom. The van der Waals surface area contributed by atoms with Crippen LogP contribution < -0.4 is 11.5 Å². The third kappa shape index (κ3) is 1.99. The van der Waals surface area contributed by atoms with Crippen molar-refractivity contribution in [3.8, 4) is 22.8 Å². The van der Waals surface area contributed by atoms with E-state index in [1.54, 1.807) is 0 Å². The van der Waals surface area contributed by atoms with Crippen molar-refractivity contribution >= 4 is 11.5 Å². The zero-order valence-corrected chi connectivity index (χ0v) is 10.9. The number of nitrogens with zero attached hydrogens (tertiary/aromatic N) is 4. The van der Waals surface area contributed by atoms with E-state index in [4.69, 9.17) is 11.5 Å². The van der Waals surface area contributed by atoms with Crippen LogP contribution in [0.4, 0.5) is 11.5 Å². The Hall–Kier alpha value is -2.83. The van der Waals surface area contributed by atoms with Crippen LogP contribution in [0.3, 0.4) is 0 Å². The average Bonchev–Trinajstić information content (AvgIpc) is 3.04. The van der Waals surface area contributed by atoms with Gasteiger partial charge in [-0.25, -0.2) is 9.61 Å². The number of hydrogen-bond donors (Lipinski definition) is 2. The largest absolute Gasteiger partial charge is 0.399 e. The Morgan fingerprint density at radius 3 is 2.75 bits per heavy atom. The van der Waals surface area contributed by atoms with E-state index in [0.29, 0.717) is 17.2 Å². The molecular weight excluding hydrogens is 256 g/mol. The number of aryl methyl sites for hydroxylation is 1. The van der Waals surface area contributed by atoms with Crippen LogP contribution in [0.15, 0.2) is 35.1 Å². The molecule has 7 nitrogen and oxygen atoms in total. The highest BCUT2D eigenvalue weighted by Crippen LogP contribution is 2.27. The summed E-state index contributed by atoms with van der Waals surface area (Å²) in [5, 5.41) is 7.38. The number of anilines is 2. The SMILES string of the molecule is CCn1cc(-c2cccc(N)c2)nc1-c1nonc1N. The van der Waals surface area contributed by atoms with Crippen LogP contribution in [0.25, 0.3) is 22.8 Å². The summed E-state index contributed by atoms with van der Waals surface area (Å²) in [5.41, 5.74) is 14.4. The molecule has 3 aromatic rings. The van der Waals surface area contributed by atoms with Crippen LogP contribution in [0.1, 0.15) is 6.92 Å². The number of nitrogen functional groups attached to an aromatic ring is 2. The number of nitrogens with two attached hydrogens (primary N) is 2. The van der Waals surface area contributed by atoms with E-state index in [1.165, 1.54) is 0 Å². The summed E-state index contributed by atoms with van der Waals surface area (Å²) in [6.45, 7) is 2.75. The number of benzene rings is 1. The summed E-state index contributed by atoms with van der Waals surface area (Å²) in [4.78, 5) is 4.56. The minimum Gasteiger partial charge on any atom is -0.399 e. The van der Waals surface area contributed by atoms with Gasteiger partial charge in [0, 0.05) is 24.0 Å². The van der Waals surface area contributed by atoms with Gasteiger partial charge >= 0.3 is 0 Å². The van der Waals surface area contributed by atoms with Crippen molar-refractivity contribution < 1.29 is 4.63 Å². The van der Waals surface area contributed by atoms with Crippen molar-refractivity contribution in [3.05, 3.63) is 30.5 Å². The molecule has 7 heteroatoms. The van der Waals surface area contributed by atoms with Gasteiger partial charge in [0.05, 0.1) is 5.69 Å². The van der Waals surface area contributed by atoms with Crippen LogP contribution in [-0.2, 0) is 6.54 Å². The Morgan fingerprint density at radius 2 is 2.10 bits per heavy atom. The third-order valence-corrected chi connectivity index (χ3v) is 3.03. The van der Waals surface area contributed by atoms with Crippen LogP contribution in [0.5, 0.6) is 0 Å². The van der Waals surface area contributed by atoms with Gasteiger partial charge in [0.2, 0.25) is 0 Å². The second-order valence-corrected chi connectivity index (χ2v) is 4.36. The molecule has 0 radical (unpaired) electrons. The summed E-state index contributed by atoms with van der Waals surface area (Å²) < 4.78 is 6.57. The van der Waals surface area contributed by atoms with Gasteiger partial charge in [-0.3, -0.25) is 0 Å². The molecule has 0 unspecified atom stereocenters. The van der Waals surface area contributed by atoms with Gasteiger partial charge in [-0.05, 0) is 29.4 Å². The number of rotatable bonds is 3. The Balaban J connectivity index is 2.12. The first-order valence-electron chi connectivity index (χ1n) is 6.20. The molecule has 2 aromatic heterocycles. The second kappa shape index (κ2) is 4.69. The molecular formula is C13H14N6O. The van der Waals surface area contributed by atoms with E-state index >= 15 is 0 Å².